The third-order valence-corrected chi connectivity index (χ3v) is 5.04. The summed E-state index contributed by atoms with van der Waals surface area (Å²) in [5.41, 5.74) is 2.90. The Bertz CT molecular complexity index is 944. The number of aryl methyl sites for hydroxylation is 1. The van der Waals surface area contributed by atoms with Crippen LogP contribution in [0.1, 0.15) is 29.6 Å². The van der Waals surface area contributed by atoms with Crippen LogP contribution in [0.4, 0.5) is 0 Å². The zero-order valence-electron chi connectivity index (χ0n) is 14.1. The number of carbonyl (C=O) groups excluding carboxylic acids is 1. The average molecular weight is 355 g/mol. The molecule has 1 saturated heterocycles. The van der Waals surface area contributed by atoms with Gasteiger partial charge in [-0.2, -0.15) is 0 Å². The SMILES string of the molecule is Cn1c(-c2ccccc2Cl)nc2cc(C(=O)N3CCCCC3)cnc21. The lowest BCUT2D eigenvalue weighted by atomic mass is 10.1. The van der Waals surface area contributed by atoms with Gasteiger partial charge < -0.3 is 9.47 Å². The minimum atomic E-state index is 0.0408. The number of benzene rings is 1. The second-order valence-corrected chi connectivity index (χ2v) is 6.80. The molecule has 0 N–H and O–H groups in total. The summed E-state index contributed by atoms with van der Waals surface area (Å²) >= 11 is 6.31. The normalized spacial score (nSPS) is 14.9. The molecule has 0 unspecified atom stereocenters. The highest BCUT2D eigenvalue weighted by Crippen LogP contribution is 2.29. The molecule has 6 heteroatoms. The van der Waals surface area contributed by atoms with Crippen molar-refractivity contribution in [1.82, 2.24) is 19.4 Å². The largest absolute Gasteiger partial charge is 0.339 e. The van der Waals surface area contributed by atoms with Crippen molar-refractivity contribution in [3.8, 4) is 11.4 Å². The van der Waals surface area contributed by atoms with Gasteiger partial charge in [-0.3, -0.25) is 4.79 Å². The predicted octanol–water partition coefficient (Wildman–Crippen LogP) is 3.91. The predicted molar refractivity (Wildman–Crippen MR) is 98.7 cm³/mol. The van der Waals surface area contributed by atoms with Gasteiger partial charge in [0.25, 0.3) is 5.91 Å². The standard InChI is InChI=1S/C19H19ClN4O/c1-23-17(14-7-3-4-8-15(14)20)22-16-11-13(12-21-18(16)23)19(25)24-9-5-2-6-10-24/h3-4,7-8,11-12H,2,5-6,9-10H2,1H3. The molecule has 0 atom stereocenters. The summed E-state index contributed by atoms with van der Waals surface area (Å²) in [4.78, 5) is 23.8. The van der Waals surface area contributed by atoms with Crippen LogP contribution >= 0.6 is 11.6 Å². The Morgan fingerprint density at radius 3 is 2.68 bits per heavy atom. The number of halogens is 1. The molecule has 5 nitrogen and oxygen atoms in total. The Morgan fingerprint density at radius 2 is 1.92 bits per heavy atom. The molecule has 3 aromatic rings. The minimum Gasteiger partial charge on any atom is -0.339 e. The van der Waals surface area contributed by atoms with Crippen molar-refractivity contribution in [2.75, 3.05) is 13.1 Å². The Morgan fingerprint density at radius 1 is 1.16 bits per heavy atom. The number of piperidine rings is 1. The number of likely N-dealkylation sites (tertiary alicyclic amines) is 1. The number of rotatable bonds is 2. The molecule has 1 fully saturated rings. The Labute approximate surface area is 151 Å². The second-order valence-electron chi connectivity index (χ2n) is 6.39. The number of nitrogens with zero attached hydrogens (tertiary/aromatic N) is 4. The summed E-state index contributed by atoms with van der Waals surface area (Å²) in [5.74, 6) is 0.787. The number of carbonyl (C=O) groups is 1. The zero-order chi connectivity index (χ0) is 17.4. The van der Waals surface area contributed by atoms with Crippen LogP contribution in [-0.2, 0) is 7.05 Å². The van der Waals surface area contributed by atoms with Crippen molar-refractivity contribution in [2.24, 2.45) is 7.05 Å². The first-order valence-electron chi connectivity index (χ1n) is 8.52. The fraction of sp³-hybridized carbons (Fsp3) is 0.316. The smallest absolute Gasteiger partial charge is 0.255 e. The van der Waals surface area contributed by atoms with Gasteiger partial charge >= 0.3 is 0 Å². The number of amides is 1. The number of hydrogen-bond acceptors (Lipinski definition) is 3. The monoisotopic (exact) mass is 354 g/mol. The Hall–Kier alpha value is -2.40. The van der Waals surface area contributed by atoms with E-state index in [0.29, 0.717) is 16.1 Å². The first-order chi connectivity index (χ1) is 12.1. The fourth-order valence-corrected chi connectivity index (χ4v) is 3.58. The molecule has 1 aromatic carbocycles. The van der Waals surface area contributed by atoms with E-state index in [4.69, 9.17) is 11.6 Å². The first-order valence-corrected chi connectivity index (χ1v) is 8.89. The van der Waals surface area contributed by atoms with Gasteiger partial charge in [-0.1, -0.05) is 23.7 Å². The summed E-state index contributed by atoms with van der Waals surface area (Å²) in [6, 6.07) is 9.43. The molecular weight excluding hydrogens is 336 g/mol. The van der Waals surface area contributed by atoms with E-state index in [0.717, 1.165) is 43.0 Å². The van der Waals surface area contributed by atoms with Crippen molar-refractivity contribution in [3.63, 3.8) is 0 Å². The molecule has 25 heavy (non-hydrogen) atoms. The molecule has 4 rings (SSSR count). The summed E-state index contributed by atoms with van der Waals surface area (Å²) in [6.07, 6.45) is 4.99. The lowest BCUT2D eigenvalue weighted by Crippen LogP contribution is -2.35. The quantitative estimate of drug-likeness (QED) is 0.701. The molecule has 1 amide bonds. The highest BCUT2D eigenvalue weighted by atomic mass is 35.5. The van der Waals surface area contributed by atoms with Crippen LogP contribution in [0, 0.1) is 0 Å². The first kappa shape index (κ1) is 16.1. The molecule has 3 heterocycles. The van der Waals surface area contributed by atoms with Gasteiger partial charge in [0.2, 0.25) is 0 Å². The fourth-order valence-electron chi connectivity index (χ4n) is 3.36. The topological polar surface area (TPSA) is 51.0 Å². The van der Waals surface area contributed by atoms with Crippen molar-refractivity contribution in [3.05, 3.63) is 47.1 Å². The summed E-state index contributed by atoms with van der Waals surface area (Å²) < 4.78 is 1.91. The van der Waals surface area contributed by atoms with Gasteiger partial charge in [0.15, 0.2) is 5.65 Å². The number of aromatic nitrogens is 3. The van der Waals surface area contributed by atoms with Crippen LogP contribution in [0.25, 0.3) is 22.6 Å². The maximum Gasteiger partial charge on any atom is 0.255 e. The van der Waals surface area contributed by atoms with E-state index in [1.807, 2.05) is 46.8 Å². The summed E-state index contributed by atoms with van der Waals surface area (Å²) in [7, 11) is 1.91. The number of hydrogen-bond donors (Lipinski definition) is 0. The van der Waals surface area contributed by atoms with E-state index in [2.05, 4.69) is 9.97 Å². The lowest BCUT2D eigenvalue weighted by molar-refractivity contribution is 0.0724. The Balaban J connectivity index is 1.74. The van der Waals surface area contributed by atoms with Crippen molar-refractivity contribution >= 4 is 28.7 Å². The second kappa shape index (κ2) is 6.48. The van der Waals surface area contributed by atoms with E-state index < -0.39 is 0 Å². The van der Waals surface area contributed by atoms with Gasteiger partial charge in [-0.05, 0) is 37.5 Å². The third kappa shape index (κ3) is 2.89. The summed E-state index contributed by atoms with van der Waals surface area (Å²) in [5, 5.41) is 0.644. The zero-order valence-corrected chi connectivity index (χ0v) is 14.8. The molecule has 0 aliphatic carbocycles. The van der Waals surface area contributed by atoms with Crippen LogP contribution < -0.4 is 0 Å². The van der Waals surface area contributed by atoms with E-state index in [9.17, 15) is 4.79 Å². The molecule has 0 saturated carbocycles. The van der Waals surface area contributed by atoms with Crippen molar-refractivity contribution in [1.29, 1.82) is 0 Å². The molecule has 128 valence electrons. The van der Waals surface area contributed by atoms with Crippen molar-refractivity contribution < 1.29 is 4.79 Å². The number of imidazole rings is 1. The molecule has 0 spiro atoms. The van der Waals surface area contributed by atoms with E-state index in [-0.39, 0.29) is 5.91 Å². The van der Waals surface area contributed by atoms with Crippen LogP contribution in [0.5, 0.6) is 0 Å². The van der Waals surface area contributed by atoms with Gasteiger partial charge in [0.05, 0.1) is 10.6 Å². The van der Waals surface area contributed by atoms with Crippen LogP contribution in [0.3, 0.4) is 0 Å². The molecule has 1 aliphatic rings. The van der Waals surface area contributed by atoms with E-state index >= 15 is 0 Å². The van der Waals surface area contributed by atoms with E-state index in [1.165, 1.54) is 6.42 Å². The van der Waals surface area contributed by atoms with Crippen LogP contribution in [0.2, 0.25) is 5.02 Å². The number of fused-ring (bicyclic) bond motifs is 1. The van der Waals surface area contributed by atoms with Crippen molar-refractivity contribution in [2.45, 2.75) is 19.3 Å². The van der Waals surface area contributed by atoms with Crippen LogP contribution in [0.15, 0.2) is 36.5 Å². The van der Waals surface area contributed by atoms with Gasteiger partial charge in [-0.25, -0.2) is 9.97 Å². The molecule has 2 aromatic heterocycles. The maximum absolute atomic E-state index is 12.7. The highest BCUT2D eigenvalue weighted by Gasteiger charge is 2.20. The van der Waals surface area contributed by atoms with Crippen LogP contribution in [-0.4, -0.2) is 38.4 Å². The molecular formula is C19H19ClN4O. The average Bonchev–Trinajstić information content (AvgIpc) is 2.98. The van der Waals surface area contributed by atoms with Gasteiger partial charge in [-0.15, -0.1) is 0 Å². The summed E-state index contributed by atoms with van der Waals surface area (Å²) in [6.45, 7) is 1.65. The molecule has 0 bridgehead atoms. The van der Waals surface area contributed by atoms with Gasteiger partial charge in [0.1, 0.15) is 11.3 Å². The maximum atomic E-state index is 12.7. The Kier molecular flexibility index (Phi) is 4.17. The van der Waals surface area contributed by atoms with Gasteiger partial charge in [0, 0.05) is 31.9 Å². The molecule has 0 radical (unpaired) electrons. The lowest BCUT2D eigenvalue weighted by Gasteiger charge is -2.26. The van der Waals surface area contributed by atoms with E-state index in [1.54, 1.807) is 6.20 Å². The highest BCUT2D eigenvalue weighted by molar-refractivity contribution is 6.33. The molecule has 1 aliphatic heterocycles. The number of pyridine rings is 1. The minimum absolute atomic E-state index is 0.0408. The third-order valence-electron chi connectivity index (χ3n) is 4.71.